The predicted octanol–water partition coefficient (Wildman–Crippen LogP) is 1.88. The summed E-state index contributed by atoms with van der Waals surface area (Å²) in [6.45, 7) is 1.06. The van der Waals surface area contributed by atoms with Crippen molar-refractivity contribution in [2.45, 2.75) is 0 Å². The van der Waals surface area contributed by atoms with E-state index >= 15 is 0 Å². The molecule has 21 heavy (non-hydrogen) atoms. The van der Waals surface area contributed by atoms with E-state index in [4.69, 9.17) is 20.9 Å². The molecule has 2 aromatic carbocycles. The molecule has 1 amide bonds. The van der Waals surface area contributed by atoms with Crippen molar-refractivity contribution in [2.24, 2.45) is 5.73 Å². The molecule has 5 N–H and O–H groups in total. The summed E-state index contributed by atoms with van der Waals surface area (Å²) < 4.78 is 11.0. The average Bonchev–Trinajstić information content (AvgIpc) is 2.49. The zero-order valence-corrected chi connectivity index (χ0v) is 11.3. The van der Waals surface area contributed by atoms with Crippen LogP contribution in [-0.2, 0) is 0 Å². The van der Waals surface area contributed by atoms with Gasteiger partial charge in [0, 0.05) is 17.4 Å². The number of primary amides is 1. The minimum absolute atomic E-state index is 0.338. The molecule has 0 radical (unpaired) electrons. The molecular weight excluding hydrogens is 270 g/mol. The molecule has 0 aliphatic carbocycles. The minimum atomic E-state index is -0.539. The van der Waals surface area contributed by atoms with Crippen LogP contribution in [0, 0.1) is 0 Å². The van der Waals surface area contributed by atoms with Gasteiger partial charge in [0.2, 0.25) is 0 Å². The number of hydrogen-bond acceptors (Lipinski definition) is 5. The van der Waals surface area contributed by atoms with Crippen molar-refractivity contribution in [3.63, 3.8) is 0 Å². The van der Waals surface area contributed by atoms with E-state index in [-0.39, 0.29) is 0 Å². The second-order valence-corrected chi connectivity index (χ2v) is 4.65. The number of nitrogens with two attached hydrogens (primary N) is 2. The summed E-state index contributed by atoms with van der Waals surface area (Å²) in [5, 5.41) is 3.14. The summed E-state index contributed by atoms with van der Waals surface area (Å²) >= 11 is 0. The first kappa shape index (κ1) is 13.1. The number of nitrogen functional groups attached to an aromatic ring is 1. The second-order valence-electron chi connectivity index (χ2n) is 4.65. The van der Waals surface area contributed by atoms with Crippen molar-refractivity contribution in [3.8, 4) is 11.5 Å². The maximum Gasteiger partial charge on any atom is 0.250 e. The van der Waals surface area contributed by atoms with Gasteiger partial charge in [-0.15, -0.1) is 0 Å². The largest absolute Gasteiger partial charge is 0.486 e. The highest BCUT2D eigenvalue weighted by atomic mass is 16.6. The van der Waals surface area contributed by atoms with Crippen LogP contribution in [0.1, 0.15) is 10.4 Å². The molecule has 0 spiro atoms. The first-order valence-corrected chi connectivity index (χ1v) is 6.49. The van der Waals surface area contributed by atoms with E-state index in [9.17, 15) is 4.79 Å². The lowest BCUT2D eigenvalue weighted by molar-refractivity contribution is 0.100. The summed E-state index contributed by atoms with van der Waals surface area (Å²) in [4.78, 5) is 11.5. The molecule has 0 atom stereocenters. The fourth-order valence-corrected chi connectivity index (χ4v) is 2.15. The van der Waals surface area contributed by atoms with Gasteiger partial charge in [-0.1, -0.05) is 0 Å². The number of fused-ring (bicyclic) bond motifs is 1. The summed E-state index contributed by atoms with van der Waals surface area (Å²) in [6.07, 6.45) is 0. The van der Waals surface area contributed by atoms with E-state index in [0.29, 0.717) is 41.7 Å². The summed E-state index contributed by atoms with van der Waals surface area (Å²) in [5.74, 6) is 0.837. The molecule has 6 nitrogen and oxygen atoms in total. The maximum absolute atomic E-state index is 11.5. The highest BCUT2D eigenvalue weighted by Crippen LogP contribution is 2.34. The van der Waals surface area contributed by atoms with Crippen molar-refractivity contribution in [1.82, 2.24) is 0 Å². The van der Waals surface area contributed by atoms with E-state index in [0.717, 1.165) is 5.69 Å². The Morgan fingerprint density at radius 3 is 2.57 bits per heavy atom. The van der Waals surface area contributed by atoms with Gasteiger partial charge in [0.05, 0.1) is 11.3 Å². The Hall–Kier alpha value is -2.89. The topological polar surface area (TPSA) is 99.6 Å². The van der Waals surface area contributed by atoms with Crippen LogP contribution < -0.4 is 26.3 Å². The van der Waals surface area contributed by atoms with Gasteiger partial charge >= 0.3 is 0 Å². The molecule has 0 unspecified atom stereocenters. The second kappa shape index (κ2) is 5.24. The van der Waals surface area contributed by atoms with Gasteiger partial charge in [0.25, 0.3) is 5.91 Å². The maximum atomic E-state index is 11.5. The average molecular weight is 285 g/mol. The molecule has 0 bridgehead atoms. The number of hydrogen-bond donors (Lipinski definition) is 3. The molecule has 108 valence electrons. The molecule has 6 heteroatoms. The zero-order chi connectivity index (χ0) is 14.8. The number of ether oxygens (including phenoxy) is 2. The zero-order valence-electron chi connectivity index (χ0n) is 11.3. The Bertz CT molecular complexity index is 701. The normalized spacial score (nSPS) is 12.8. The number of anilines is 3. The molecule has 1 heterocycles. The van der Waals surface area contributed by atoms with Crippen molar-refractivity contribution in [3.05, 3.63) is 42.0 Å². The van der Waals surface area contributed by atoms with E-state index < -0.39 is 5.91 Å². The van der Waals surface area contributed by atoms with Crippen molar-refractivity contribution in [1.29, 1.82) is 0 Å². The SMILES string of the molecule is NC(=O)c1cc(N)ccc1Nc1ccc2c(c1)OCCO2. The molecule has 0 saturated heterocycles. The van der Waals surface area contributed by atoms with E-state index in [2.05, 4.69) is 5.32 Å². The van der Waals surface area contributed by atoms with Gasteiger partial charge in [-0.05, 0) is 30.3 Å². The first-order chi connectivity index (χ1) is 10.1. The van der Waals surface area contributed by atoms with Crippen molar-refractivity contribution < 1.29 is 14.3 Å². The third-order valence-electron chi connectivity index (χ3n) is 3.13. The Morgan fingerprint density at radius 1 is 1.05 bits per heavy atom. The number of amides is 1. The number of nitrogens with one attached hydrogen (secondary N) is 1. The fourth-order valence-electron chi connectivity index (χ4n) is 2.15. The summed E-state index contributed by atoms with van der Waals surface area (Å²) in [6, 6.07) is 10.4. The van der Waals surface area contributed by atoms with Crippen LogP contribution in [0.15, 0.2) is 36.4 Å². The van der Waals surface area contributed by atoms with Crippen LogP contribution in [0.2, 0.25) is 0 Å². The molecule has 1 aliphatic rings. The minimum Gasteiger partial charge on any atom is -0.486 e. The lowest BCUT2D eigenvalue weighted by Crippen LogP contribution is -2.15. The molecule has 3 rings (SSSR count). The van der Waals surface area contributed by atoms with Gasteiger partial charge in [0.15, 0.2) is 11.5 Å². The Kier molecular flexibility index (Phi) is 3.27. The summed E-state index contributed by atoms with van der Waals surface area (Å²) in [7, 11) is 0. The summed E-state index contributed by atoms with van der Waals surface area (Å²) in [5.41, 5.74) is 13.2. The van der Waals surface area contributed by atoms with Crippen LogP contribution >= 0.6 is 0 Å². The number of carbonyl (C=O) groups is 1. The quantitative estimate of drug-likeness (QED) is 0.748. The van der Waals surface area contributed by atoms with Crippen molar-refractivity contribution in [2.75, 3.05) is 24.3 Å². The third kappa shape index (κ3) is 2.69. The standard InChI is InChI=1S/C15H15N3O3/c16-9-1-3-12(11(7-9)15(17)19)18-10-2-4-13-14(8-10)21-6-5-20-13/h1-4,7-8,18H,5-6,16H2,(H2,17,19). The number of rotatable bonds is 3. The third-order valence-corrected chi connectivity index (χ3v) is 3.13. The smallest absolute Gasteiger partial charge is 0.250 e. The molecule has 1 aliphatic heterocycles. The Morgan fingerprint density at radius 2 is 1.81 bits per heavy atom. The number of carbonyl (C=O) groups excluding carboxylic acids is 1. The van der Waals surface area contributed by atoms with Gasteiger partial charge < -0.3 is 26.3 Å². The van der Waals surface area contributed by atoms with Crippen molar-refractivity contribution >= 4 is 23.0 Å². The van der Waals surface area contributed by atoms with Gasteiger partial charge in [-0.25, -0.2) is 0 Å². The molecule has 0 saturated carbocycles. The lowest BCUT2D eigenvalue weighted by Gasteiger charge is -2.19. The first-order valence-electron chi connectivity index (χ1n) is 6.49. The van der Waals surface area contributed by atoms with Gasteiger partial charge in [0.1, 0.15) is 13.2 Å². The molecule has 0 aromatic heterocycles. The van der Waals surface area contributed by atoms with E-state index in [1.807, 2.05) is 18.2 Å². The van der Waals surface area contributed by atoms with Crippen LogP contribution in [0.3, 0.4) is 0 Å². The Balaban J connectivity index is 1.92. The van der Waals surface area contributed by atoms with Crippen LogP contribution in [-0.4, -0.2) is 19.1 Å². The monoisotopic (exact) mass is 285 g/mol. The predicted molar refractivity (Wildman–Crippen MR) is 80.1 cm³/mol. The molecular formula is C15H15N3O3. The highest BCUT2D eigenvalue weighted by molar-refractivity contribution is 6.00. The molecule has 2 aromatic rings. The van der Waals surface area contributed by atoms with Crippen LogP contribution in [0.25, 0.3) is 0 Å². The fraction of sp³-hybridized carbons (Fsp3) is 0.133. The van der Waals surface area contributed by atoms with E-state index in [1.165, 1.54) is 0 Å². The van der Waals surface area contributed by atoms with Gasteiger partial charge in [-0.2, -0.15) is 0 Å². The number of benzene rings is 2. The van der Waals surface area contributed by atoms with Crippen LogP contribution in [0.5, 0.6) is 11.5 Å². The van der Waals surface area contributed by atoms with Gasteiger partial charge in [-0.3, -0.25) is 4.79 Å². The Labute approximate surface area is 121 Å². The van der Waals surface area contributed by atoms with E-state index in [1.54, 1.807) is 18.2 Å². The lowest BCUT2D eigenvalue weighted by atomic mass is 10.1. The highest BCUT2D eigenvalue weighted by Gasteiger charge is 2.13. The van der Waals surface area contributed by atoms with Crippen LogP contribution in [0.4, 0.5) is 17.1 Å². The molecule has 0 fully saturated rings.